The third kappa shape index (κ3) is 2.03. The Morgan fingerprint density at radius 3 is 2.61 bits per heavy atom. The third-order valence-corrected chi connectivity index (χ3v) is 4.50. The lowest BCUT2D eigenvalue weighted by Gasteiger charge is -2.22. The molecular formula is C14H24N4. The molecule has 1 saturated heterocycles. The predicted octanol–water partition coefficient (Wildman–Crippen LogP) is 2.09. The first-order chi connectivity index (χ1) is 8.65. The largest absolute Gasteiger partial charge is 0.340 e. The molecule has 0 amide bonds. The fourth-order valence-electron chi connectivity index (χ4n) is 3.34. The standard InChI is InChI=1S/C14H24N4/c1-10-7-17(9-13(10)15)14-16-11(2)8-18(14)12-5-3-4-6-12/h8,10,12-13H,3-7,9,15H2,1-2H3. The summed E-state index contributed by atoms with van der Waals surface area (Å²) in [6.45, 7) is 6.32. The molecule has 4 heteroatoms. The van der Waals surface area contributed by atoms with E-state index in [0.717, 1.165) is 24.7 Å². The Bertz CT molecular complexity index is 409. The Balaban J connectivity index is 1.87. The molecular weight excluding hydrogens is 224 g/mol. The smallest absolute Gasteiger partial charge is 0.206 e. The molecule has 4 nitrogen and oxygen atoms in total. The van der Waals surface area contributed by atoms with Gasteiger partial charge in [-0.3, -0.25) is 0 Å². The number of hydrogen-bond acceptors (Lipinski definition) is 3. The Morgan fingerprint density at radius 1 is 1.28 bits per heavy atom. The van der Waals surface area contributed by atoms with Gasteiger partial charge in [-0.25, -0.2) is 4.98 Å². The Labute approximate surface area is 109 Å². The van der Waals surface area contributed by atoms with E-state index in [1.165, 1.54) is 25.7 Å². The van der Waals surface area contributed by atoms with E-state index in [2.05, 4.69) is 29.5 Å². The van der Waals surface area contributed by atoms with Gasteiger partial charge in [0.25, 0.3) is 0 Å². The average Bonchev–Trinajstić information content (AvgIpc) is 3.00. The van der Waals surface area contributed by atoms with Crippen molar-refractivity contribution in [2.75, 3.05) is 18.0 Å². The van der Waals surface area contributed by atoms with Crippen molar-refractivity contribution < 1.29 is 0 Å². The van der Waals surface area contributed by atoms with Crippen LogP contribution in [0, 0.1) is 12.8 Å². The van der Waals surface area contributed by atoms with Crippen molar-refractivity contribution in [3.05, 3.63) is 11.9 Å². The van der Waals surface area contributed by atoms with Gasteiger partial charge >= 0.3 is 0 Å². The van der Waals surface area contributed by atoms with Crippen molar-refractivity contribution >= 4 is 5.95 Å². The van der Waals surface area contributed by atoms with Gasteiger partial charge in [-0.2, -0.15) is 0 Å². The van der Waals surface area contributed by atoms with Gasteiger partial charge in [-0.1, -0.05) is 19.8 Å². The van der Waals surface area contributed by atoms with Crippen molar-refractivity contribution in [2.24, 2.45) is 11.7 Å². The quantitative estimate of drug-likeness (QED) is 0.871. The molecule has 0 aromatic carbocycles. The zero-order chi connectivity index (χ0) is 12.7. The fraction of sp³-hybridized carbons (Fsp3) is 0.786. The van der Waals surface area contributed by atoms with E-state index >= 15 is 0 Å². The van der Waals surface area contributed by atoms with Crippen molar-refractivity contribution in [3.8, 4) is 0 Å². The van der Waals surface area contributed by atoms with Crippen molar-refractivity contribution in [2.45, 2.75) is 51.6 Å². The fourth-order valence-corrected chi connectivity index (χ4v) is 3.34. The average molecular weight is 248 g/mol. The first-order valence-corrected chi connectivity index (χ1v) is 7.21. The molecule has 1 aliphatic carbocycles. The van der Waals surface area contributed by atoms with E-state index in [-0.39, 0.29) is 0 Å². The second-order valence-corrected chi connectivity index (χ2v) is 6.07. The highest BCUT2D eigenvalue weighted by Crippen LogP contribution is 2.34. The summed E-state index contributed by atoms with van der Waals surface area (Å²) in [7, 11) is 0. The summed E-state index contributed by atoms with van der Waals surface area (Å²) in [6, 6.07) is 0.951. The maximum atomic E-state index is 6.14. The topological polar surface area (TPSA) is 47.1 Å². The van der Waals surface area contributed by atoms with Crippen molar-refractivity contribution in [1.82, 2.24) is 9.55 Å². The zero-order valence-electron chi connectivity index (χ0n) is 11.5. The van der Waals surface area contributed by atoms with Crippen LogP contribution in [0.5, 0.6) is 0 Å². The molecule has 2 N–H and O–H groups in total. The summed E-state index contributed by atoms with van der Waals surface area (Å²) in [5.74, 6) is 1.72. The van der Waals surface area contributed by atoms with Crippen molar-refractivity contribution in [3.63, 3.8) is 0 Å². The molecule has 2 atom stereocenters. The van der Waals surface area contributed by atoms with Crippen LogP contribution in [0.2, 0.25) is 0 Å². The van der Waals surface area contributed by atoms with Gasteiger partial charge in [0.05, 0.1) is 5.69 Å². The summed E-state index contributed by atoms with van der Waals surface area (Å²) < 4.78 is 2.41. The second kappa shape index (κ2) is 4.57. The third-order valence-electron chi connectivity index (χ3n) is 4.50. The minimum absolute atomic E-state index is 0.291. The lowest BCUT2D eigenvalue weighted by atomic mass is 10.1. The van der Waals surface area contributed by atoms with Gasteiger partial charge in [-0.05, 0) is 25.7 Å². The first-order valence-electron chi connectivity index (χ1n) is 7.21. The number of hydrogen-bond donors (Lipinski definition) is 1. The van der Waals surface area contributed by atoms with Crippen LogP contribution < -0.4 is 10.6 Å². The summed E-state index contributed by atoms with van der Waals surface area (Å²) in [4.78, 5) is 7.12. The highest BCUT2D eigenvalue weighted by atomic mass is 15.3. The van der Waals surface area contributed by atoms with Gasteiger partial charge in [0.1, 0.15) is 0 Å². The molecule has 1 aromatic heterocycles. The van der Waals surface area contributed by atoms with E-state index in [1.54, 1.807) is 0 Å². The summed E-state index contributed by atoms with van der Waals surface area (Å²) in [6.07, 6.45) is 7.55. The summed E-state index contributed by atoms with van der Waals surface area (Å²) in [5, 5.41) is 0. The van der Waals surface area contributed by atoms with Gasteiger partial charge in [0.2, 0.25) is 5.95 Å². The van der Waals surface area contributed by atoms with Crippen LogP contribution in [0.25, 0.3) is 0 Å². The maximum absolute atomic E-state index is 6.14. The molecule has 3 rings (SSSR count). The van der Waals surface area contributed by atoms with Gasteiger partial charge in [-0.15, -0.1) is 0 Å². The van der Waals surface area contributed by atoms with Gasteiger partial charge in [0, 0.05) is 31.4 Å². The highest BCUT2D eigenvalue weighted by molar-refractivity contribution is 5.37. The number of rotatable bonds is 2. The van der Waals surface area contributed by atoms with Gasteiger partial charge < -0.3 is 15.2 Å². The van der Waals surface area contributed by atoms with E-state index in [9.17, 15) is 0 Å². The molecule has 2 heterocycles. The van der Waals surface area contributed by atoms with Crippen LogP contribution in [0.3, 0.4) is 0 Å². The monoisotopic (exact) mass is 248 g/mol. The molecule has 18 heavy (non-hydrogen) atoms. The molecule has 2 unspecified atom stereocenters. The highest BCUT2D eigenvalue weighted by Gasteiger charge is 2.31. The van der Waals surface area contributed by atoms with E-state index in [1.807, 2.05) is 0 Å². The van der Waals surface area contributed by atoms with E-state index in [0.29, 0.717) is 18.0 Å². The van der Waals surface area contributed by atoms with Crippen LogP contribution in [0.15, 0.2) is 6.20 Å². The molecule has 100 valence electrons. The minimum atomic E-state index is 0.291. The zero-order valence-corrected chi connectivity index (χ0v) is 11.5. The molecule has 2 aliphatic rings. The Morgan fingerprint density at radius 2 is 2.00 bits per heavy atom. The van der Waals surface area contributed by atoms with Crippen LogP contribution in [0.1, 0.15) is 44.3 Å². The number of anilines is 1. The predicted molar refractivity (Wildman–Crippen MR) is 73.8 cm³/mol. The lowest BCUT2D eigenvalue weighted by molar-refractivity contribution is 0.514. The molecule has 2 fully saturated rings. The van der Waals surface area contributed by atoms with Crippen LogP contribution in [-0.4, -0.2) is 28.7 Å². The molecule has 0 bridgehead atoms. The number of nitrogens with two attached hydrogens (primary N) is 1. The van der Waals surface area contributed by atoms with Crippen LogP contribution in [-0.2, 0) is 0 Å². The second-order valence-electron chi connectivity index (χ2n) is 6.07. The molecule has 1 aromatic rings. The SMILES string of the molecule is Cc1cn(C2CCCC2)c(N2CC(C)C(N)C2)n1. The molecule has 1 aliphatic heterocycles. The van der Waals surface area contributed by atoms with E-state index < -0.39 is 0 Å². The van der Waals surface area contributed by atoms with Crippen LogP contribution >= 0.6 is 0 Å². The van der Waals surface area contributed by atoms with E-state index in [4.69, 9.17) is 10.7 Å². The van der Waals surface area contributed by atoms with Gasteiger partial charge in [0.15, 0.2) is 0 Å². The Kier molecular flexibility index (Phi) is 3.06. The number of nitrogens with zero attached hydrogens (tertiary/aromatic N) is 3. The maximum Gasteiger partial charge on any atom is 0.206 e. The molecule has 0 spiro atoms. The lowest BCUT2D eigenvalue weighted by Crippen LogP contribution is -2.29. The first kappa shape index (κ1) is 12.0. The number of aromatic nitrogens is 2. The Hall–Kier alpha value is -1.03. The molecule has 0 radical (unpaired) electrons. The summed E-state index contributed by atoms with van der Waals surface area (Å²) >= 11 is 0. The summed E-state index contributed by atoms with van der Waals surface area (Å²) in [5.41, 5.74) is 7.27. The number of aryl methyl sites for hydroxylation is 1. The van der Waals surface area contributed by atoms with Crippen LogP contribution in [0.4, 0.5) is 5.95 Å². The minimum Gasteiger partial charge on any atom is -0.340 e. The normalized spacial score (nSPS) is 29.4. The molecule has 1 saturated carbocycles. The number of imidazole rings is 1. The van der Waals surface area contributed by atoms with Crippen molar-refractivity contribution in [1.29, 1.82) is 0 Å².